The van der Waals surface area contributed by atoms with Crippen molar-refractivity contribution in [1.29, 1.82) is 0 Å². The molecule has 0 atom stereocenters. The number of nitrogens with one attached hydrogen (secondary N) is 1. The van der Waals surface area contributed by atoms with E-state index in [0.29, 0.717) is 15.8 Å². The second kappa shape index (κ2) is 5.81. The third kappa shape index (κ3) is 2.80. The van der Waals surface area contributed by atoms with Gasteiger partial charge in [-0.2, -0.15) is 5.10 Å². The van der Waals surface area contributed by atoms with Crippen LogP contribution in [-0.2, 0) is 7.05 Å². The van der Waals surface area contributed by atoms with Crippen molar-refractivity contribution in [1.82, 2.24) is 9.78 Å². The number of aromatic nitrogens is 2. The molecule has 0 saturated carbocycles. The quantitative estimate of drug-likeness (QED) is 0.785. The number of anilines is 1. The standard InChI is InChI=1S/C16H11ClFN3O2/c1-21-16(23)11-5-3-2-4-10(11)14(20-21)15(22)19-13-8-9(17)6-7-12(13)18/h2-8H,1H3,(H,19,22). The molecule has 116 valence electrons. The van der Waals surface area contributed by atoms with Gasteiger partial charge in [0.25, 0.3) is 11.5 Å². The molecule has 1 N–H and O–H groups in total. The Kier molecular flexibility index (Phi) is 3.83. The third-order valence-electron chi connectivity index (χ3n) is 3.35. The van der Waals surface area contributed by atoms with Crippen LogP contribution in [0.25, 0.3) is 10.8 Å². The lowest BCUT2D eigenvalue weighted by Gasteiger charge is -2.09. The summed E-state index contributed by atoms with van der Waals surface area (Å²) >= 11 is 5.81. The summed E-state index contributed by atoms with van der Waals surface area (Å²) in [5.41, 5.74) is -0.338. The highest BCUT2D eigenvalue weighted by atomic mass is 35.5. The highest BCUT2D eigenvalue weighted by Crippen LogP contribution is 2.21. The lowest BCUT2D eigenvalue weighted by molar-refractivity contribution is 0.102. The van der Waals surface area contributed by atoms with E-state index in [4.69, 9.17) is 11.6 Å². The van der Waals surface area contributed by atoms with Crippen molar-refractivity contribution in [2.45, 2.75) is 0 Å². The number of halogens is 2. The van der Waals surface area contributed by atoms with E-state index in [0.717, 1.165) is 10.7 Å². The van der Waals surface area contributed by atoms with E-state index < -0.39 is 11.7 Å². The summed E-state index contributed by atoms with van der Waals surface area (Å²) in [7, 11) is 1.45. The normalized spacial score (nSPS) is 10.7. The van der Waals surface area contributed by atoms with Crippen molar-refractivity contribution in [3.8, 4) is 0 Å². The molecule has 3 aromatic rings. The van der Waals surface area contributed by atoms with Crippen molar-refractivity contribution in [2.24, 2.45) is 7.05 Å². The smallest absolute Gasteiger partial charge is 0.276 e. The van der Waals surface area contributed by atoms with Gasteiger partial charge >= 0.3 is 0 Å². The molecule has 0 radical (unpaired) electrons. The van der Waals surface area contributed by atoms with E-state index in [2.05, 4.69) is 10.4 Å². The zero-order valence-corrected chi connectivity index (χ0v) is 12.8. The van der Waals surface area contributed by atoms with Crippen LogP contribution in [0.5, 0.6) is 0 Å². The highest BCUT2D eigenvalue weighted by molar-refractivity contribution is 6.31. The Morgan fingerprint density at radius 2 is 1.91 bits per heavy atom. The van der Waals surface area contributed by atoms with Crippen LogP contribution in [0.3, 0.4) is 0 Å². The summed E-state index contributed by atoms with van der Waals surface area (Å²) in [5, 5.41) is 7.47. The summed E-state index contributed by atoms with van der Waals surface area (Å²) in [6.45, 7) is 0. The molecule has 7 heteroatoms. The lowest BCUT2D eigenvalue weighted by atomic mass is 10.1. The van der Waals surface area contributed by atoms with Gasteiger partial charge in [-0.25, -0.2) is 9.07 Å². The number of aryl methyl sites for hydroxylation is 1. The van der Waals surface area contributed by atoms with Gasteiger partial charge < -0.3 is 5.32 Å². The first kappa shape index (κ1) is 15.2. The average Bonchev–Trinajstić information content (AvgIpc) is 2.54. The molecule has 0 aliphatic rings. The fraction of sp³-hybridized carbons (Fsp3) is 0.0625. The van der Waals surface area contributed by atoms with Crippen LogP contribution >= 0.6 is 11.6 Å². The molecule has 5 nitrogen and oxygen atoms in total. The molecular weight excluding hydrogens is 321 g/mol. The van der Waals surface area contributed by atoms with E-state index in [9.17, 15) is 14.0 Å². The van der Waals surface area contributed by atoms with Gasteiger partial charge in [0.15, 0.2) is 5.69 Å². The molecule has 0 aliphatic carbocycles. The van der Waals surface area contributed by atoms with Crippen molar-refractivity contribution in [3.63, 3.8) is 0 Å². The van der Waals surface area contributed by atoms with Crippen LogP contribution in [0.15, 0.2) is 47.3 Å². The Hall–Kier alpha value is -2.73. The van der Waals surface area contributed by atoms with Crippen LogP contribution in [0, 0.1) is 5.82 Å². The van der Waals surface area contributed by atoms with Gasteiger partial charge in [-0.1, -0.05) is 29.8 Å². The molecule has 0 saturated heterocycles. The molecule has 2 aromatic carbocycles. The summed E-state index contributed by atoms with van der Waals surface area (Å²) in [4.78, 5) is 24.5. The van der Waals surface area contributed by atoms with Crippen molar-refractivity contribution in [2.75, 3.05) is 5.32 Å². The second-order valence-corrected chi connectivity index (χ2v) is 5.34. The Bertz CT molecular complexity index is 985. The number of benzene rings is 2. The number of rotatable bonds is 2. The van der Waals surface area contributed by atoms with Crippen LogP contribution in [0.2, 0.25) is 5.02 Å². The lowest BCUT2D eigenvalue weighted by Crippen LogP contribution is -2.25. The largest absolute Gasteiger partial charge is 0.318 e. The summed E-state index contributed by atoms with van der Waals surface area (Å²) in [6, 6.07) is 10.5. The Morgan fingerprint density at radius 3 is 2.65 bits per heavy atom. The summed E-state index contributed by atoms with van der Waals surface area (Å²) < 4.78 is 14.8. The van der Waals surface area contributed by atoms with Crippen molar-refractivity contribution >= 4 is 34.0 Å². The number of amides is 1. The summed E-state index contributed by atoms with van der Waals surface area (Å²) in [6.07, 6.45) is 0. The van der Waals surface area contributed by atoms with E-state index in [1.807, 2.05) is 0 Å². The van der Waals surface area contributed by atoms with E-state index in [1.54, 1.807) is 24.3 Å². The Labute approximate surface area is 135 Å². The Morgan fingerprint density at radius 1 is 1.22 bits per heavy atom. The molecule has 23 heavy (non-hydrogen) atoms. The highest BCUT2D eigenvalue weighted by Gasteiger charge is 2.17. The predicted octanol–water partition coefficient (Wildman–Crippen LogP) is 2.98. The molecule has 0 aliphatic heterocycles. The number of carbonyl (C=O) groups excluding carboxylic acids is 1. The van der Waals surface area contributed by atoms with Crippen LogP contribution in [0.4, 0.5) is 10.1 Å². The molecular formula is C16H11ClFN3O2. The monoisotopic (exact) mass is 331 g/mol. The Balaban J connectivity index is 2.10. The summed E-state index contributed by atoms with van der Waals surface area (Å²) in [5.74, 6) is -1.24. The minimum Gasteiger partial charge on any atom is -0.318 e. The zero-order valence-electron chi connectivity index (χ0n) is 12.0. The molecule has 0 spiro atoms. The first-order valence-corrected chi connectivity index (χ1v) is 7.07. The topological polar surface area (TPSA) is 64.0 Å². The minimum absolute atomic E-state index is 0.0297. The number of hydrogen-bond donors (Lipinski definition) is 1. The van der Waals surface area contributed by atoms with E-state index in [1.165, 1.54) is 19.2 Å². The molecule has 1 amide bonds. The number of carbonyl (C=O) groups is 1. The number of hydrogen-bond acceptors (Lipinski definition) is 3. The second-order valence-electron chi connectivity index (χ2n) is 4.90. The van der Waals surface area contributed by atoms with Gasteiger partial charge in [0.2, 0.25) is 0 Å². The number of fused-ring (bicyclic) bond motifs is 1. The van der Waals surface area contributed by atoms with Crippen LogP contribution < -0.4 is 10.9 Å². The van der Waals surface area contributed by atoms with Gasteiger partial charge in [-0.05, 0) is 24.3 Å². The predicted molar refractivity (Wildman–Crippen MR) is 86.3 cm³/mol. The van der Waals surface area contributed by atoms with Gasteiger partial charge in [0, 0.05) is 17.5 Å². The van der Waals surface area contributed by atoms with Crippen molar-refractivity contribution < 1.29 is 9.18 Å². The van der Waals surface area contributed by atoms with E-state index in [-0.39, 0.29) is 16.9 Å². The molecule has 1 heterocycles. The SMILES string of the molecule is Cn1nc(C(=O)Nc2cc(Cl)ccc2F)c2ccccc2c1=O. The average molecular weight is 332 g/mol. The first-order chi connectivity index (χ1) is 11.0. The van der Waals surface area contributed by atoms with Gasteiger partial charge in [0.05, 0.1) is 11.1 Å². The molecule has 0 fully saturated rings. The minimum atomic E-state index is -0.627. The van der Waals surface area contributed by atoms with Crippen molar-refractivity contribution in [3.05, 3.63) is 69.4 Å². The van der Waals surface area contributed by atoms with Crippen LogP contribution in [-0.4, -0.2) is 15.7 Å². The maximum atomic E-state index is 13.8. The fourth-order valence-electron chi connectivity index (χ4n) is 2.24. The molecule has 0 unspecified atom stereocenters. The molecule has 1 aromatic heterocycles. The van der Waals surface area contributed by atoms with Gasteiger partial charge in [-0.15, -0.1) is 0 Å². The van der Waals surface area contributed by atoms with Gasteiger partial charge in [-0.3, -0.25) is 9.59 Å². The maximum Gasteiger partial charge on any atom is 0.276 e. The van der Waals surface area contributed by atoms with Crippen LogP contribution in [0.1, 0.15) is 10.5 Å². The van der Waals surface area contributed by atoms with Gasteiger partial charge in [0.1, 0.15) is 5.82 Å². The zero-order chi connectivity index (χ0) is 16.6. The molecule has 0 bridgehead atoms. The maximum absolute atomic E-state index is 13.8. The first-order valence-electron chi connectivity index (χ1n) is 6.70. The number of nitrogens with zero attached hydrogens (tertiary/aromatic N) is 2. The third-order valence-corrected chi connectivity index (χ3v) is 3.58. The fourth-order valence-corrected chi connectivity index (χ4v) is 2.41. The molecule has 3 rings (SSSR count). The van der Waals surface area contributed by atoms with E-state index >= 15 is 0 Å².